The Bertz CT molecular complexity index is 961. The zero-order chi connectivity index (χ0) is 17.9. The molecule has 0 amide bonds. The fourth-order valence-corrected chi connectivity index (χ4v) is 3.69. The van der Waals surface area contributed by atoms with E-state index in [0.717, 1.165) is 9.37 Å². The summed E-state index contributed by atoms with van der Waals surface area (Å²) in [5.41, 5.74) is 0.853. The van der Waals surface area contributed by atoms with E-state index in [2.05, 4.69) is 15.9 Å². The molecule has 132 valence electrons. The molecule has 1 aromatic heterocycles. The average Bonchev–Trinajstić information content (AvgIpc) is 3.23. The zero-order valence-corrected chi connectivity index (χ0v) is 14.8. The molecular formula is C19H12BrF2NO3. The Hall–Kier alpha value is -2.38. The number of rotatable bonds is 2. The number of nitrogens with zero attached hydrogens (tertiary/aromatic N) is 1. The first kappa shape index (κ1) is 15.8. The quantitative estimate of drug-likeness (QED) is 0.519. The summed E-state index contributed by atoms with van der Waals surface area (Å²) in [4.78, 5) is 0.938. The van der Waals surface area contributed by atoms with E-state index in [0.29, 0.717) is 17.0 Å². The number of alkyl halides is 2. The fraction of sp³-hybridized carbons (Fsp3) is 0.158. The van der Waals surface area contributed by atoms with Gasteiger partial charge in [-0.25, -0.2) is 0 Å². The van der Waals surface area contributed by atoms with Gasteiger partial charge in [0, 0.05) is 15.7 Å². The van der Waals surface area contributed by atoms with Crippen LogP contribution in [0.25, 0.3) is 0 Å². The van der Waals surface area contributed by atoms with Crippen LogP contribution in [-0.2, 0) is 10.5 Å². The van der Waals surface area contributed by atoms with E-state index in [1.165, 1.54) is 18.4 Å². The Labute approximate surface area is 156 Å². The Morgan fingerprint density at radius 1 is 0.962 bits per heavy atom. The van der Waals surface area contributed by atoms with Crippen LogP contribution in [0.15, 0.2) is 75.8 Å². The van der Waals surface area contributed by atoms with Crippen molar-refractivity contribution in [2.45, 2.75) is 18.1 Å². The van der Waals surface area contributed by atoms with E-state index in [4.69, 9.17) is 13.9 Å². The molecule has 3 heterocycles. The van der Waals surface area contributed by atoms with Gasteiger partial charge in [0.05, 0.1) is 6.26 Å². The molecule has 0 radical (unpaired) electrons. The highest BCUT2D eigenvalue weighted by Crippen LogP contribution is 2.61. The second-order valence-corrected chi connectivity index (χ2v) is 7.01. The molecule has 26 heavy (non-hydrogen) atoms. The van der Waals surface area contributed by atoms with Crippen LogP contribution in [0.4, 0.5) is 14.5 Å². The van der Waals surface area contributed by atoms with Crippen LogP contribution in [0.2, 0.25) is 0 Å². The topological polar surface area (TPSA) is 34.8 Å². The van der Waals surface area contributed by atoms with Crippen molar-refractivity contribution in [2.24, 2.45) is 0 Å². The van der Waals surface area contributed by atoms with Gasteiger partial charge in [-0.2, -0.15) is 8.78 Å². The highest BCUT2D eigenvalue weighted by Gasteiger charge is 2.75. The van der Waals surface area contributed by atoms with Crippen molar-refractivity contribution >= 4 is 21.6 Å². The van der Waals surface area contributed by atoms with Gasteiger partial charge < -0.3 is 9.15 Å². The molecule has 2 aliphatic rings. The monoisotopic (exact) mass is 419 g/mol. The summed E-state index contributed by atoms with van der Waals surface area (Å²) in [6, 6.07) is 13.0. The molecule has 0 saturated carbocycles. The first-order valence-corrected chi connectivity index (χ1v) is 8.75. The lowest BCUT2D eigenvalue weighted by Crippen LogP contribution is -2.53. The SMILES string of the molecule is FC1(F)N(c2ccc(Br)cc2)[C@H]2O[C@]1(c1ccco1)Oc1ccccc12. The molecule has 5 rings (SSSR count). The van der Waals surface area contributed by atoms with Gasteiger partial charge in [-0.1, -0.05) is 34.1 Å². The van der Waals surface area contributed by atoms with Gasteiger partial charge in [-0.15, -0.1) is 0 Å². The molecule has 2 atom stereocenters. The number of benzene rings is 2. The van der Waals surface area contributed by atoms with Gasteiger partial charge >= 0.3 is 11.8 Å². The molecule has 0 aliphatic carbocycles. The van der Waals surface area contributed by atoms with Crippen molar-refractivity contribution < 1.29 is 22.7 Å². The normalized spacial score (nSPS) is 25.7. The van der Waals surface area contributed by atoms with Crippen LogP contribution in [0.5, 0.6) is 5.75 Å². The lowest BCUT2D eigenvalue weighted by Gasteiger charge is -2.34. The molecule has 2 bridgehead atoms. The number of furan rings is 1. The van der Waals surface area contributed by atoms with Crippen LogP contribution >= 0.6 is 15.9 Å². The van der Waals surface area contributed by atoms with E-state index in [1.807, 2.05) is 0 Å². The Kier molecular flexibility index (Phi) is 3.24. The van der Waals surface area contributed by atoms with E-state index in [1.54, 1.807) is 48.5 Å². The number of hydrogen-bond donors (Lipinski definition) is 0. The third kappa shape index (κ3) is 1.95. The third-order valence-electron chi connectivity index (χ3n) is 4.60. The minimum atomic E-state index is -3.51. The standard InChI is InChI=1S/C19H12BrF2NO3/c20-12-7-9-13(10-8-12)23-17-14-4-1-2-5-15(14)25-18(26-17,19(23,21)22)16-6-3-11-24-16/h1-11,17H/t17-,18-/m0/s1. The molecule has 2 aromatic carbocycles. The van der Waals surface area contributed by atoms with Crippen LogP contribution in [0, 0.1) is 0 Å². The van der Waals surface area contributed by atoms with Crippen LogP contribution in [-0.4, -0.2) is 6.05 Å². The van der Waals surface area contributed by atoms with Crippen LogP contribution < -0.4 is 9.64 Å². The number of para-hydroxylation sites is 1. The van der Waals surface area contributed by atoms with Gasteiger partial charge in [-0.3, -0.25) is 9.64 Å². The minimum Gasteiger partial charge on any atom is -0.462 e. The van der Waals surface area contributed by atoms with E-state index in [-0.39, 0.29) is 5.76 Å². The number of ether oxygens (including phenoxy) is 2. The van der Waals surface area contributed by atoms with Crippen molar-refractivity contribution in [3.05, 3.63) is 82.7 Å². The van der Waals surface area contributed by atoms with Crippen molar-refractivity contribution in [3.8, 4) is 5.75 Å². The maximum absolute atomic E-state index is 15.7. The summed E-state index contributed by atoms with van der Waals surface area (Å²) in [6.07, 6.45) is 0.311. The van der Waals surface area contributed by atoms with E-state index < -0.39 is 18.1 Å². The summed E-state index contributed by atoms with van der Waals surface area (Å²) in [6.45, 7) is 0. The van der Waals surface area contributed by atoms with Gasteiger partial charge in [0.15, 0.2) is 12.0 Å². The summed E-state index contributed by atoms with van der Waals surface area (Å²) in [7, 11) is 0. The average molecular weight is 420 g/mol. The fourth-order valence-electron chi connectivity index (χ4n) is 3.43. The molecule has 0 spiro atoms. The number of hydrogen-bond acceptors (Lipinski definition) is 4. The predicted octanol–water partition coefficient (Wildman–Crippen LogP) is 5.42. The maximum Gasteiger partial charge on any atom is 0.400 e. The first-order valence-electron chi connectivity index (χ1n) is 7.95. The molecule has 4 nitrogen and oxygen atoms in total. The molecule has 1 fully saturated rings. The summed E-state index contributed by atoms with van der Waals surface area (Å²) in [5, 5.41) is 0. The summed E-state index contributed by atoms with van der Waals surface area (Å²) >= 11 is 3.33. The Morgan fingerprint density at radius 2 is 1.73 bits per heavy atom. The lowest BCUT2D eigenvalue weighted by molar-refractivity contribution is -0.289. The lowest BCUT2D eigenvalue weighted by atomic mass is 10.1. The Balaban J connectivity index is 1.75. The zero-order valence-electron chi connectivity index (χ0n) is 13.2. The largest absolute Gasteiger partial charge is 0.462 e. The summed E-state index contributed by atoms with van der Waals surface area (Å²) in [5.74, 6) is -2.09. The highest BCUT2D eigenvalue weighted by molar-refractivity contribution is 9.10. The van der Waals surface area contributed by atoms with Crippen molar-refractivity contribution in [3.63, 3.8) is 0 Å². The number of fused-ring (bicyclic) bond motifs is 4. The third-order valence-corrected chi connectivity index (χ3v) is 5.13. The molecule has 7 heteroatoms. The van der Waals surface area contributed by atoms with Crippen molar-refractivity contribution in [1.82, 2.24) is 0 Å². The minimum absolute atomic E-state index is 0.0818. The van der Waals surface area contributed by atoms with E-state index in [9.17, 15) is 0 Å². The van der Waals surface area contributed by atoms with Gasteiger partial charge in [-0.05, 0) is 42.5 Å². The predicted molar refractivity (Wildman–Crippen MR) is 92.9 cm³/mol. The maximum atomic E-state index is 15.7. The molecule has 1 saturated heterocycles. The molecular weight excluding hydrogens is 408 g/mol. The number of anilines is 1. The molecule has 0 N–H and O–H groups in total. The van der Waals surface area contributed by atoms with E-state index >= 15 is 8.78 Å². The molecule has 3 aromatic rings. The molecule has 2 aliphatic heterocycles. The second kappa shape index (κ2) is 5.31. The van der Waals surface area contributed by atoms with Crippen molar-refractivity contribution in [1.29, 1.82) is 0 Å². The van der Waals surface area contributed by atoms with Crippen LogP contribution in [0.1, 0.15) is 17.6 Å². The molecule has 0 unspecified atom stereocenters. The van der Waals surface area contributed by atoms with Gasteiger partial charge in [0.2, 0.25) is 0 Å². The highest BCUT2D eigenvalue weighted by atomic mass is 79.9. The van der Waals surface area contributed by atoms with Crippen molar-refractivity contribution in [2.75, 3.05) is 4.90 Å². The van der Waals surface area contributed by atoms with Gasteiger partial charge in [0.1, 0.15) is 5.75 Å². The smallest absolute Gasteiger partial charge is 0.400 e. The number of halogens is 3. The summed E-state index contributed by atoms with van der Waals surface area (Å²) < 4.78 is 49.1. The Morgan fingerprint density at radius 3 is 2.46 bits per heavy atom. The second-order valence-electron chi connectivity index (χ2n) is 6.09. The van der Waals surface area contributed by atoms with Crippen LogP contribution in [0.3, 0.4) is 0 Å². The van der Waals surface area contributed by atoms with Gasteiger partial charge in [0.25, 0.3) is 0 Å². The first-order chi connectivity index (χ1) is 12.5.